The number of aliphatic carboxylic acids is 1. The molecular formula is C19H48N2O5Si4. The zero-order valence-electron chi connectivity index (χ0n) is 20.7. The molecular weight excluding hydrogens is 449 g/mol. The van der Waals surface area contributed by atoms with Crippen molar-refractivity contribution in [3.05, 3.63) is 0 Å². The Hall–Kier alpha value is 0.138. The van der Waals surface area contributed by atoms with Gasteiger partial charge in [-0.15, -0.1) is 0 Å². The van der Waals surface area contributed by atoms with Crippen LogP contribution < -0.4 is 11.1 Å². The Morgan fingerprint density at radius 3 is 1.70 bits per heavy atom. The van der Waals surface area contributed by atoms with Gasteiger partial charge in [0.05, 0.1) is 0 Å². The molecule has 0 aliphatic heterocycles. The lowest BCUT2D eigenvalue weighted by atomic mass is 10.2. The predicted octanol–water partition coefficient (Wildman–Crippen LogP) is 4.43. The summed E-state index contributed by atoms with van der Waals surface area (Å²) in [5.74, 6) is -0.726. The van der Waals surface area contributed by atoms with Crippen molar-refractivity contribution in [1.82, 2.24) is 5.32 Å². The fraction of sp³-hybridized carbons (Fsp3) is 0.947. The molecule has 2 atom stereocenters. The van der Waals surface area contributed by atoms with Gasteiger partial charge in [-0.1, -0.05) is 12.8 Å². The number of unbranched alkanes of at least 4 members (excludes halogenated alkanes) is 2. The van der Waals surface area contributed by atoms with Crippen molar-refractivity contribution in [1.29, 1.82) is 0 Å². The molecule has 0 heterocycles. The van der Waals surface area contributed by atoms with Crippen LogP contribution in [0.3, 0.4) is 0 Å². The Morgan fingerprint density at radius 1 is 0.767 bits per heavy atom. The monoisotopic (exact) mass is 496 g/mol. The van der Waals surface area contributed by atoms with Crippen molar-refractivity contribution < 1.29 is 22.2 Å². The minimum Gasteiger partial charge on any atom is -0.481 e. The Morgan fingerprint density at radius 2 is 1.27 bits per heavy atom. The van der Waals surface area contributed by atoms with Crippen LogP contribution in [0.5, 0.6) is 0 Å². The molecule has 4 N–H and O–H groups in total. The van der Waals surface area contributed by atoms with E-state index in [2.05, 4.69) is 57.7 Å². The molecule has 0 radical (unpaired) electrons. The molecule has 0 aromatic carbocycles. The normalized spacial score (nSPS) is 16.8. The summed E-state index contributed by atoms with van der Waals surface area (Å²) < 4.78 is 20.3. The van der Waals surface area contributed by atoms with E-state index in [0.717, 1.165) is 44.4 Å². The van der Waals surface area contributed by atoms with Gasteiger partial charge in [0.1, 0.15) is 0 Å². The van der Waals surface area contributed by atoms with Crippen molar-refractivity contribution in [2.24, 2.45) is 5.73 Å². The van der Waals surface area contributed by atoms with Gasteiger partial charge in [0, 0.05) is 19.5 Å². The highest BCUT2D eigenvalue weighted by molar-refractivity contribution is 6.89. The van der Waals surface area contributed by atoms with Crippen LogP contribution in [0.2, 0.25) is 64.5 Å². The fourth-order valence-corrected chi connectivity index (χ4v) is 22.1. The van der Waals surface area contributed by atoms with Gasteiger partial charge in [0.2, 0.25) is 0 Å². The zero-order chi connectivity index (χ0) is 23.5. The van der Waals surface area contributed by atoms with Gasteiger partial charge in [-0.2, -0.15) is 0 Å². The zero-order valence-corrected chi connectivity index (χ0v) is 24.7. The summed E-state index contributed by atoms with van der Waals surface area (Å²) in [5, 5.41) is 12.2. The summed E-state index contributed by atoms with van der Waals surface area (Å²) in [7, 11) is -8.42. The Bertz CT molecular complexity index is 502. The molecule has 0 aliphatic carbocycles. The average Bonchev–Trinajstić information content (AvgIpc) is 2.50. The molecule has 0 fully saturated rings. The van der Waals surface area contributed by atoms with Crippen LogP contribution in [0.25, 0.3) is 0 Å². The number of nitrogens with one attached hydrogen (secondary N) is 1. The number of carboxylic acids is 1. The number of carboxylic acid groups (broad SMARTS) is 1. The maximum Gasteiger partial charge on any atom is 0.315 e. The van der Waals surface area contributed by atoms with Crippen LogP contribution in [-0.4, -0.2) is 64.5 Å². The molecule has 0 aliphatic rings. The molecule has 0 aromatic rings. The van der Waals surface area contributed by atoms with Crippen molar-refractivity contribution in [2.75, 3.05) is 19.6 Å². The number of rotatable bonds is 18. The van der Waals surface area contributed by atoms with Crippen LogP contribution in [0, 0.1) is 0 Å². The molecule has 0 bridgehead atoms. The third kappa shape index (κ3) is 16.8. The molecule has 0 spiro atoms. The first kappa shape index (κ1) is 30.1. The first-order chi connectivity index (χ1) is 13.6. The van der Waals surface area contributed by atoms with Crippen LogP contribution in [-0.2, 0) is 17.1 Å². The first-order valence-corrected chi connectivity index (χ1v) is 23.2. The SMILES string of the molecule is C[Si](C)(C)O[Si](C)(CCCCCC(=O)O)O[Si](C)(CCCNCCN)O[Si](C)(C)C. The van der Waals surface area contributed by atoms with Gasteiger partial charge in [-0.3, -0.25) is 4.79 Å². The predicted molar refractivity (Wildman–Crippen MR) is 135 cm³/mol. The van der Waals surface area contributed by atoms with Crippen molar-refractivity contribution in [3.63, 3.8) is 0 Å². The highest BCUT2D eigenvalue weighted by Gasteiger charge is 2.46. The van der Waals surface area contributed by atoms with E-state index in [9.17, 15) is 4.79 Å². The van der Waals surface area contributed by atoms with Crippen LogP contribution in [0.15, 0.2) is 0 Å². The molecule has 0 saturated heterocycles. The highest BCUT2D eigenvalue weighted by Crippen LogP contribution is 2.31. The lowest BCUT2D eigenvalue weighted by Crippen LogP contribution is -2.58. The fourth-order valence-electron chi connectivity index (χ4n) is 3.66. The second kappa shape index (κ2) is 13.6. The average molecular weight is 497 g/mol. The van der Waals surface area contributed by atoms with E-state index in [1.165, 1.54) is 0 Å². The topological polar surface area (TPSA) is 103 Å². The summed E-state index contributed by atoms with van der Waals surface area (Å²) in [4.78, 5) is 10.8. The molecule has 180 valence electrons. The van der Waals surface area contributed by atoms with Gasteiger partial charge < -0.3 is 28.5 Å². The Labute approximate surface area is 189 Å². The number of nitrogens with two attached hydrogens (primary N) is 1. The van der Waals surface area contributed by atoms with E-state index in [4.69, 9.17) is 23.2 Å². The Balaban J connectivity index is 5.23. The molecule has 11 heteroatoms. The third-order valence-electron chi connectivity index (χ3n) is 4.30. The van der Waals surface area contributed by atoms with E-state index >= 15 is 0 Å². The molecule has 0 amide bonds. The summed E-state index contributed by atoms with van der Waals surface area (Å²) >= 11 is 0. The molecule has 30 heavy (non-hydrogen) atoms. The second-order valence-electron chi connectivity index (χ2n) is 10.4. The van der Waals surface area contributed by atoms with Gasteiger partial charge in [0.25, 0.3) is 0 Å². The first-order valence-electron chi connectivity index (χ1n) is 11.3. The molecule has 0 aromatic heterocycles. The van der Waals surface area contributed by atoms with Crippen molar-refractivity contribution in [3.8, 4) is 0 Å². The van der Waals surface area contributed by atoms with Gasteiger partial charge in [-0.25, -0.2) is 0 Å². The van der Waals surface area contributed by atoms with Crippen LogP contribution >= 0.6 is 0 Å². The van der Waals surface area contributed by atoms with Crippen molar-refractivity contribution >= 4 is 39.7 Å². The van der Waals surface area contributed by atoms with Crippen LogP contribution in [0.1, 0.15) is 32.1 Å². The number of hydrogen-bond donors (Lipinski definition) is 3. The summed E-state index contributed by atoms with van der Waals surface area (Å²) in [5.41, 5.74) is 5.57. The smallest absolute Gasteiger partial charge is 0.315 e. The maximum atomic E-state index is 10.8. The van der Waals surface area contributed by atoms with E-state index in [1.807, 2.05) is 0 Å². The van der Waals surface area contributed by atoms with E-state index in [-0.39, 0.29) is 6.42 Å². The number of carbonyl (C=O) groups is 1. The minimum atomic E-state index is -2.44. The lowest BCUT2D eigenvalue weighted by molar-refractivity contribution is -0.137. The quantitative estimate of drug-likeness (QED) is 0.190. The molecule has 0 saturated carbocycles. The molecule has 7 nitrogen and oxygen atoms in total. The molecule has 0 rings (SSSR count). The van der Waals surface area contributed by atoms with E-state index in [0.29, 0.717) is 13.0 Å². The van der Waals surface area contributed by atoms with E-state index in [1.54, 1.807) is 0 Å². The Kier molecular flexibility index (Phi) is 13.7. The maximum absolute atomic E-state index is 10.8. The molecule has 2 unspecified atom stereocenters. The number of hydrogen-bond acceptors (Lipinski definition) is 6. The van der Waals surface area contributed by atoms with Gasteiger partial charge in [-0.05, 0) is 83.9 Å². The second-order valence-corrected chi connectivity index (χ2v) is 26.8. The van der Waals surface area contributed by atoms with Gasteiger partial charge >= 0.3 is 23.1 Å². The summed E-state index contributed by atoms with van der Waals surface area (Å²) in [6.07, 6.45) is 3.78. The van der Waals surface area contributed by atoms with Crippen LogP contribution in [0.4, 0.5) is 0 Å². The minimum absolute atomic E-state index is 0.231. The van der Waals surface area contributed by atoms with Gasteiger partial charge in [0.15, 0.2) is 16.6 Å². The summed E-state index contributed by atoms with van der Waals surface area (Å²) in [6, 6.07) is 1.82. The largest absolute Gasteiger partial charge is 0.481 e. The standard InChI is InChI=1S/C19H48N2O5Si4/c1-27(2,3)24-29(7,17-11-9-10-13-19(22)23)26-30(8,25-28(4,5)6)18-12-15-21-16-14-20/h21H,9-18,20H2,1-8H3,(H,22,23). The van der Waals surface area contributed by atoms with E-state index < -0.39 is 39.7 Å². The lowest BCUT2D eigenvalue weighted by Gasteiger charge is -2.43. The summed E-state index contributed by atoms with van der Waals surface area (Å²) in [6.45, 7) is 20.1. The third-order valence-corrected chi connectivity index (χ3v) is 18.6. The highest BCUT2D eigenvalue weighted by atomic mass is 28.5. The van der Waals surface area contributed by atoms with Crippen molar-refractivity contribution in [2.45, 2.75) is 96.6 Å².